The van der Waals surface area contributed by atoms with Gasteiger partial charge in [0.25, 0.3) is 0 Å². The third-order valence-corrected chi connectivity index (χ3v) is 8.90. The molecule has 4 rings (SSSR count). The van der Waals surface area contributed by atoms with Gasteiger partial charge in [-0.25, -0.2) is 9.59 Å². The zero-order chi connectivity index (χ0) is 25.4. The summed E-state index contributed by atoms with van der Waals surface area (Å²) in [6.07, 6.45) is 4.63. The molecule has 0 radical (unpaired) electrons. The molecule has 0 bridgehead atoms. The monoisotopic (exact) mass is 483 g/mol. The summed E-state index contributed by atoms with van der Waals surface area (Å²) in [5.41, 5.74) is 1.01. The predicted octanol–water partition coefficient (Wildman–Crippen LogP) is 3.94. The third kappa shape index (κ3) is 4.63. The average molecular weight is 484 g/mol. The van der Waals surface area contributed by atoms with Gasteiger partial charge in [0.2, 0.25) is 0 Å². The highest BCUT2D eigenvalue weighted by Crippen LogP contribution is 2.60. The van der Waals surface area contributed by atoms with Crippen LogP contribution in [-0.2, 0) is 19.1 Å². The van der Waals surface area contributed by atoms with Gasteiger partial charge in [0, 0.05) is 32.3 Å². The summed E-state index contributed by atoms with van der Waals surface area (Å²) in [6, 6.07) is 7.14. The van der Waals surface area contributed by atoms with Crippen molar-refractivity contribution in [2.75, 3.05) is 32.2 Å². The van der Waals surface area contributed by atoms with E-state index in [9.17, 15) is 19.5 Å². The van der Waals surface area contributed by atoms with Crippen LogP contribution in [0.25, 0.3) is 0 Å². The van der Waals surface area contributed by atoms with E-state index < -0.39 is 17.5 Å². The molecule has 1 aliphatic heterocycles. The number of carbonyl (C=O) groups excluding carboxylic acids is 3. The van der Waals surface area contributed by atoms with E-state index in [1.54, 1.807) is 18.2 Å². The lowest BCUT2D eigenvalue weighted by atomic mass is 9.45. The lowest BCUT2D eigenvalue weighted by Gasteiger charge is -2.59. The maximum Gasteiger partial charge on any atom is 0.338 e. The topological polar surface area (TPSA) is 93.1 Å². The van der Waals surface area contributed by atoms with Crippen LogP contribution in [0.4, 0.5) is 5.69 Å². The number of benzene rings is 1. The number of aliphatic hydroxyl groups is 1. The zero-order valence-electron chi connectivity index (χ0n) is 21.2. The molecular formula is C28H37NO6. The summed E-state index contributed by atoms with van der Waals surface area (Å²) in [5, 5.41) is 11.3. The predicted molar refractivity (Wildman–Crippen MR) is 132 cm³/mol. The van der Waals surface area contributed by atoms with E-state index in [1.165, 1.54) is 0 Å². The van der Waals surface area contributed by atoms with Crippen LogP contribution in [0.2, 0.25) is 0 Å². The maximum atomic E-state index is 13.5. The summed E-state index contributed by atoms with van der Waals surface area (Å²) in [4.78, 5) is 39.9. The van der Waals surface area contributed by atoms with Gasteiger partial charge in [0.1, 0.15) is 19.0 Å². The Morgan fingerprint density at radius 1 is 1.23 bits per heavy atom. The molecule has 190 valence electrons. The molecule has 2 aliphatic carbocycles. The fraction of sp³-hybridized carbons (Fsp3) is 0.607. The Balaban J connectivity index is 1.57. The number of rotatable bonds is 7. The van der Waals surface area contributed by atoms with Crippen LogP contribution in [0.3, 0.4) is 0 Å². The molecule has 0 unspecified atom stereocenters. The van der Waals surface area contributed by atoms with Crippen LogP contribution in [0.1, 0.15) is 62.7 Å². The van der Waals surface area contributed by atoms with Crippen molar-refractivity contribution in [3.63, 3.8) is 0 Å². The molecule has 0 amide bonds. The number of nitrogens with zero attached hydrogens (tertiary/aromatic N) is 1. The van der Waals surface area contributed by atoms with Crippen molar-refractivity contribution < 1.29 is 29.0 Å². The molecule has 1 aromatic carbocycles. The minimum atomic E-state index is -1.10. The first kappa shape index (κ1) is 25.4. The van der Waals surface area contributed by atoms with E-state index >= 15 is 0 Å². The Morgan fingerprint density at radius 3 is 2.57 bits per heavy atom. The fourth-order valence-corrected chi connectivity index (χ4v) is 6.50. The maximum absolute atomic E-state index is 13.5. The van der Waals surface area contributed by atoms with E-state index in [0.29, 0.717) is 31.4 Å². The second kappa shape index (κ2) is 9.76. The van der Waals surface area contributed by atoms with Crippen molar-refractivity contribution in [1.29, 1.82) is 0 Å². The second-order valence-electron chi connectivity index (χ2n) is 11.0. The van der Waals surface area contributed by atoms with Crippen LogP contribution in [0.15, 0.2) is 35.9 Å². The number of fused-ring (bicyclic) bond motifs is 1. The van der Waals surface area contributed by atoms with Crippen molar-refractivity contribution in [2.24, 2.45) is 22.7 Å². The number of hydrogen-bond donors (Lipinski definition) is 1. The molecule has 1 heterocycles. The molecule has 0 saturated heterocycles. The molecule has 0 spiro atoms. The summed E-state index contributed by atoms with van der Waals surface area (Å²) >= 11 is 0. The number of aliphatic hydroxyl groups excluding tert-OH is 1. The molecule has 35 heavy (non-hydrogen) atoms. The first-order chi connectivity index (χ1) is 16.6. The standard InChI is InChI=1S/C28H37NO6/c1-18-14-24(31)28(17-35-26(33)20-8-10-21(11-9-20)29(3)4)22(6-5-7-23(28)30)27(18,2)13-12-19-15-25(32)34-16-19/h8-11,15,18,22,24,31H,5-7,12-14,16-17H2,1-4H3/t18-,22-,24+,27+,28-/m1/s1. The fourth-order valence-electron chi connectivity index (χ4n) is 6.50. The minimum Gasteiger partial charge on any atom is -0.461 e. The van der Waals surface area contributed by atoms with Gasteiger partial charge < -0.3 is 19.5 Å². The lowest BCUT2D eigenvalue weighted by Crippen LogP contribution is -2.63. The number of esters is 2. The first-order valence-electron chi connectivity index (χ1n) is 12.6. The Kier molecular flexibility index (Phi) is 7.09. The van der Waals surface area contributed by atoms with Crippen molar-refractivity contribution in [3.8, 4) is 0 Å². The first-order valence-corrected chi connectivity index (χ1v) is 12.6. The molecular weight excluding hydrogens is 446 g/mol. The molecule has 7 nitrogen and oxygen atoms in total. The number of cyclic esters (lactones) is 1. The van der Waals surface area contributed by atoms with Gasteiger partial charge in [-0.15, -0.1) is 0 Å². The molecule has 0 aromatic heterocycles. The number of ether oxygens (including phenoxy) is 2. The van der Waals surface area contributed by atoms with E-state index in [1.807, 2.05) is 31.1 Å². The van der Waals surface area contributed by atoms with Gasteiger partial charge in [-0.2, -0.15) is 0 Å². The summed E-state index contributed by atoms with van der Waals surface area (Å²) in [6.45, 7) is 4.54. The van der Waals surface area contributed by atoms with Gasteiger partial charge in [0.15, 0.2) is 0 Å². The molecule has 7 heteroatoms. The number of Topliss-reactive ketones (excluding diaryl/α,β-unsaturated/α-hetero) is 1. The molecule has 1 aromatic rings. The van der Waals surface area contributed by atoms with Gasteiger partial charge in [0.05, 0.1) is 17.1 Å². The van der Waals surface area contributed by atoms with E-state index in [-0.39, 0.29) is 35.6 Å². The van der Waals surface area contributed by atoms with Gasteiger partial charge in [-0.1, -0.05) is 13.8 Å². The normalized spacial score (nSPS) is 32.5. The Bertz CT molecular complexity index is 1010. The summed E-state index contributed by atoms with van der Waals surface area (Å²) < 4.78 is 10.8. The lowest BCUT2D eigenvalue weighted by molar-refractivity contribution is -0.187. The zero-order valence-corrected chi connectivity index (χ0v) is 21.2. The van der Waals surface area contributed by atoms with Crippen LogP contribution < -0.4 is 4.90 Å². The summed E-state index contributed by atoms with van der Waals surface area (Å²) in [5.74, 6) is -0.730. The number of anilines is 1. The van der Waals surface area contributed by atoms with Crippen LogP contribution in [0.5, 0.6) is 0 Å². The highest BCUT2D eigenvalue weighted by atomic mass is 16.5. The number of hydrogen-bond acceptors (Lipinski definition) is 7. The third-order valence-electron chi connectivity index (χ3n) is 8.90. The molecule has 2 fully saturated rings. The van der Waals surface area contributed by atoms with Crippen LogP contribution >= 0.6 is 0 Å². The molecule has 5 atom stereocenters. The van der Waals surface area contributed by atoms with Crippen molar-refractivity contribution >= 4 is 23.4 Å². The molecule has 3 aliphatic rings. The van der Waals surface area contributed by atoms with E-state index in [4.69, 9.17) is 9.47 Å². The van der Waals surface area contributed by atoms with Crippen LogP contribution in [-0.4, -0.2) is 56.2 Å². The largest absolute Gasteiger partial charge is 0.461 e. The van der Waals surface area contributed by atoms with E-state index in [0.717, 1.165) is 30.5 Å². The van der Waals surface area contributed by atoms with Crippen LogP contribution in [0, 0.1) is 22.7 Å². The van der Waals surface area contributed by atoms with Crippen molar-refractivity contribution in [3.05, 3.63) is 41.5 Å². The second-order valence-corrected chi connectivity index (χ2v) is 11.0. The SMILES string of the molecule is C[C@@H]1C[C@H](O)[C@@]2(COC(=O)c3ccc(N(C)C)cc3)C(=O)CCC[C@@H]2[C@@]1(C)CCC1=CC(=O)OC1. The molecule has 2 saturated carbocycles. The summed E-state index contributed by atoms with van der Waals surface area (Å²) in [7, 11) is 3.86. The number of ketones is 1. The quantitative estimate of drug-likeness (QED) is 0.587. The smallest absolute Gasteiger partial charge is 0.338 e. The van der Waals surface area contributed by atoms with Gasteiger partial charge in [-0.3, -0.25) is 4.79 Å². The Morgan fingerprint density at radius 2 is 1.94 bits per heavy atom. The van der Waals surface area contributed by atoms with Crippen molar-refractivity contribution in [1.82, 2.24) is 0 Å². The highest BCUT2D eigenvalue weighted by Gasteiger charge is 2.63. The van der Waals surface area contributed by atoms with Gasteiger partial charge in [-0.05, 0) is 79.2 Å². The number of carbonyl (C=O) groups is 3. The highest BCUT2D eigenvalue weighted by molar-refractivity contribution is 5.91. The van der Waals surface area contributed by atoms with Crippen molar-refractivity contribution in [2.45, 2.75) is 58.5 Å². The minimum absolute atomic E-state index is 0.00581. The van der Waals surface area contributed by atoms with E-state index in [2.05, 4.69) is 13.8 Å². The Hall–Kier alpha value is -2.67. The molecule has 1 N–H and O–H groups in total. The Labute approximate surface area is 207 Å². The average Bonchev–Trinajstić information content (AvgIpc) is 3.25. The van der Waals surface area contributed by atoms with Gasteiger partial charge >= 0.3 is 11.9 Å².